The fourth-order valence-electron chi connectivity index (χ4n) is 1.74. The highest BCUT2D eigenvalue weighted by molar-refractivity contribution is 7.99. The minimum absolute atomic E-state index is 0.190. The second-order valence-corrected chi connectivity index (χ2v) is 6.61. The lowest BCUT2D eigenvalue weighted by Gasteiger charge is -2.19. The van der Waals surface area contributed by atoms with Gasteiger partial charge in [-0.3, -0.25) is 0 Å². The van der Waals surface area contributed by atoms with Gasteiger partial charge in [-0.15, -0.1) is 0 Å². The van der Waals surface area contributed by atoms with E-state index in [0.717, 1.165) is 24.3 Å². The maximum atomic E-state index is 13.4. The molecule has 4 heteroatoms. The van der Waals surface area contributed by atoms with E-state index in [-0.39, 0.29) is 10.8 Å². The quantitative estimate of drug-likeness (QED) is 0.809. The Morgan fingerprint density at radius 3 is 2.67 bits per heavy atom. The van der Waals surface area contributed by atoms with Crippen LogP contribution in [0, 0.1) is 5.82 Å². The van der Waals surface area contributed by atoms with E-state index in [1.807, 2.05) is 17.8 Å². The smallest absolute Gasteiger partial charge is 0.142 e. The average molecular weight is 290 g/mol. The molecule has 0 saturated carbocycles. The lowest BCUT2D eigenvalue weighted by atomic mass is 10.1. The summed E-state index contributed by atoms with van der Waals surface area (Å²) < 4.78 is 13.4. The summed E-state index contributed by atoms with van der Waals surface area (Å²) in [6, 6.07) is 5.44. The van der Waals surface area contributed by atoms with E-state index in [0.29, 0.717) is 11.3 Å². The molecular weight excluding hydrogens is 269 g/mol. The van der Waals surface area contributed by atoms with Gasteiger partial charge in [-0.2, -0.15) is 11.8 Å². The SMILES string of the molecule is CCNC(CSC(C)C)Cc1ccc(Cl)c(F)c1. The van der Waals surface area contributed by atoms with Crippen LogP contribution in [0.3, 0.4) is 0 Å². The molecule has 1 atom stereocenters. The van der Waals surface area contributed by atoms with Crippen LogP contribution >= 0.6 is 23.4 Å². The van der Waals surface area contributed by atoms with Crippen molar-refractivity contribution in [2.45, 2.75) is 38.5 Å². The monoisotopic (exact) mass is 289 g/mol. The molecule has 102 valence electrons. The fraction of sp³-hybridized carbons (Fsp3) is 0.571. The van der Waals surface area contributed by atoms with Crippen molar-refractivity contribution in [3.8, 4) is 0 Å². The number of thioether (sulfide) groups is 1. The molecule has 0 aromatic heterocycles. The van der Waals surface area contributed by atoms with Gasteiger partial charge in [0.15, 0.2) is 0 Å². The minimum atomic E-state index is -0.332. The first kappa shape index (κ1) is 15.8. The first-order valence-electron chi connectivity index (χ1n) is 6.31. The molecule has 0 saturated heterocycles. The Hall–Kier alpha value is -0.250. The molecule has 0 fully saturated rings. The Kier molecular flexibility index (Phi) is 7.05. The Morgan fingerprint density at radius 1 is 1.39 bits per heavy atom. The van der Waals surface area contributed by atoms with Crippen LogP contribution in [-0.2, 0) is 6.42 Å². The molecule has 1 aromatic carbocycles. The van der Waals surface area contributed by atoms with Crippen molar-refractivity contribution in [2.75, 3.05) is 12.3 Å². The van der Waals surface area contributed by atoms with E-state index in [2.05, 4.69) is 26.1 Å². The second kappa shape index (κ2) is 8.03. The van der Waals surface area contributed by atoms with Gasteiger partial charge in [-0.25, -0.2) is 4.39 Å². The molecule has 0 bridgehead atoms. The van der Waals surface area contributed by atoms with E-state index in [9.17, 15) is 4.39 Å². The Labute approximate surface area is 118 Å². The van der Waals surface area contributed by atoms with Crippen LogP contribution in [0.1, 0.15) is 26.3 Å². The Bertz CT molecular complexity index is 371. The van der Waals surface area contributed by atoms with Gasteiger partial charge in [-0.1, -0.05) is 38.4 Å². The minimum Gasteiger partial charge on any atom is -0.313 e. The van der Waals surface area contributed by atoms with Crippen molar-refractivity contribution < 1.29 is 4.39 Å². The van der Waals surface area contributed by atoms with Gasteiger partial charge in [0, 0.05) is 11.8 Å². The summed E-state index contributed by atoms with van der Waals surface area (Å²) in [7, 11) is 0. The molecule has 0 aliphatic carbocycles. The molecule has 0 heterocycles. The predicted molar refractivity (Wildman–Crippen MR) is 80.2 cm³/mol. The van der Waals surface area contributed by atoms with Gasteiger partial charge < -0.3 is 5.32 Å². The largest absolute Gasteiger partial charge is 0.313 e. The highest BCUT2D eigenvalue weighted by Gasteiger charge is 2.11. The van der Waals surface area contributed by atoms with Gasteiger partial charge in [0.2, 0.25) is 0 Å². The first-order chi connectivity index (χ1) is 8.52. The zero-order valence-corrected chi connectivity index (χ0v) is 12.7. The van der Waals surface area contributed by atoms with E-state index in [4.69, 9.17) is 11.6 Å². The molecule has 0 amide bonds. The number of likely N-dealkylation sites (N-methyl/N-ethyl adjacent to an activating group) is 1. The maximum absolute atomic E-state index is 13.4. The zero-order chi connectivity index (χ0) is 13.5. The molecule has 1 N–H and O–H groups in total. The molecule has 1 unspecified atom stereocenters. The van der Waals surface area contributed by atoms with Gasteiger partial charge >= 0.3 is 0 Å². The average Bonchev–Trinajstić information content (AvgIpc) is 2.31. The molecule has 1 nitrogen and oxygen atoms in total. The van der Waals surface area contributed by atoms with Crippen LogP contribution in [0.5, 0.6) is 0 Å². The number of hydrogen-bond donors (Lipinski definition) is 1. The van der Waals surface area contributed by atoms with Crippen molar-refractivity contribution in [3.63, 3.8) is 0 Å². The third-order valence-electron chi connectivity index (χ3n) is 2.59. The first-order valence-corrected chi connectivity index (χ1v) is 7.74. The van der Waals surface area contributed by atoms with E-state index in [1.54, 1.807) is 6.07 Å². The van der Waals surface area contributed by atoms with E-state index >= 15 is 0 Å². The van der Waals surface area contributed by atoms with Crippen molar-refractivity contribution in [3.05, 3.63) is 34.6 Å². The molecule has 0 radical (unpaired) electrons. The molecule has 18 heavy (non-hydrogen) atoms. The number of halogens is 2. The third-order valence-corrected chi connectivity index (χ3v) is 4.16. The number of hydrogen-bond acceptors (Lipinski definition) is 2. The molecule has 0 spiro atoms. The van der Waals surface area contributed by atoms with E-state index in [1.165, 1.54) is 6.07 Å². The lowest BCUT2D eigenvalue weighted by Crippen LogP contribution is -2.33. The Balaban J connectivity index is 2.61. The number of benzene rings is 1. The van der Waals surface area contributed by atoms with Crippen LogP contribution < -0.4 is 5.32 Å². The Morgan fingerprint density at radius 2 is 2.11 bits per heavy atom. The summed E-state index contributed by atoms with van der Waals surface area (Å²) in [4.78, 5) is 0. The summed E-state index contributed by atoms with van der Waals surface area (Å²) in [5, 5.41) is 4.25. The van der Waals surface area contributed by atoms with Crippen molar-refractivity contribution in [1.82, 2.24) is 5.32 Å². The fourth-order valence-corrected chi connectivity index (χ4v) is 2.71. The summed E-state index contributed by atoms with van der Waals surface area (Å²) >= 11 is 7.61. The van der Waals surface area contributed by atoms with Gasteiger partial charge in [0.05, 0.1) is 5.02 Å². The van der Waals surface area contributed by atoms with Crippen LogP contribution in [0.4, 0.5) is 4.39 Å². The standard InChI is InChI=1S/C14H21ClFNS/c1-4-17-12(9-18-10(2)3)7-11-5-6-13(15)14(16)8-11/h5-6,8,10,12,17H,4,7,9H2,1-3H3. The number of rotatable bonds is 7. The lowest BCUT2D eigenvalue weighted by molar-refractivity contribution is 0.568. The molecule has 0 aliphatic heterocycles. The van der Waals surface area contributed by atoms with Crippen LogP contribution in [0.25, 0.3) is 0 Å². The summed E-state index contributed by atoms with van der Waals surface area (Å²) in [5.74, 6) is 0.705. The molecule has 1 aromatic rings. The van der Waals surface area contributed by atoms with Gasteiger partial charge in [0.1, 0.15) is 5.82 Å². The zero-order valence-electron chi connectivity index (χ0n) is 11.2. The third kappa shape index (κ3) is 5.59. The normalized spacial score (nSPS) is 13.0. The van der Waals surface area contributed by atoms with Crippen molar-refractivity contribution in [1.29, 1.82) is 0 Å². The summed E-state index contributed by atoms with van der Waals surface area (Å²) in [6.07, 6.45) is 0.835. The predicted octanol–water partition coefficient (Wildman–Crippen LogP) is 4.14. The van der Waals surface area contributed by atoms with Gasteiger partial charge in [0.25, 0.3) is 0 Å². The van der Waals surface area contributed by atoms with Gasteiger partial charge in [-0.05, 0) is 35.9 Å². The summed E-state index contributed by atoms with van der Waals surface area (Å²) in [6.45, 7) is 7.40. The van der Waals surface area contributed by atoms with E-state index < -0.39 is 0 Å². The van der Waals surface area contributed by atoms with Crippen LogP contribution in [0.2, 0.25) is 5.02 Å². The topological polar surface area (TPSA) is 12.0 Å². The van der Waals surface area contributed by atoms with Crippen molar-refractivity contribution >= 4 is 23.4 Å². The molecular formula is C14H21ClFNS. The number of nitrogens with one attached hydrogen (secondary N) is 1. The molecule has 0 aliphatic rings. The van der Waals surface area contributed by atoms with Crippen LogP contribution in [0.15, 0.2) is 18.2 Å². The highest BCUT2D eigenvalue weighted by atomic mass is 35.5. The highest BCUT2D eigenvalue weighted by Crippen LogP contribution is 2.18. The molecule has 1 rings (SSSR count). The van der Waals surface area contributed by atoms with Crippen LogP contribution in [-0.4, -0.2) is 23.6 Å². The second-order valence-electron chi connectivity index (χ2n) is 4.59. The maximum Gasteiger partial charge on any atom is 0.142 e. The van der Waals surface area contributed by atoms with Crippen molar-refractivity contribution in [2.24, 2.45) is 0 Å². The summed E-state index contributed by atoms with van der Waals surface area (Å²) in [5.41, 5.74) is 0.993.